The fourth-order valence-corrected chi connectivity index (χ4v) is 4.21. The highest BCUT2D eigenvalue weighted by molar-refractivity contribution is 6.10. The van der Waals surface area contributed by atoms with Gasteiger partial charge < -0.3 is 15.2 Å². The van der Waals surface area contributed by atoms with Crippen LogP contribution < -0.4 is 15.5 Å². The lowest BCUT2D eigenvalue weighted by Gasteiger charge is -2.31. The van der Waals surface area contributed by atoms with Crippen molar-refractivity contribution in [1.82, 2.24) is 10.5 Å². The number of amides is 3. The molecule has 8 nitrogen and oxygen atoms in total. The van der Waals surface area contributed by atoms with Crippen molar-refractivity contribution >= 4 is 29.2 Å². The molecule has 0 bridgehead atoms. The lowest BCUT2D eigenvalue weighted by atomic mass is 9.98. The standard InChI is InChI=1S/C31H29FN4O4/c1-21-9-6-7-14-26(21)30(31(39)33-18-17-23-10-4-3-5-11-23)36(25-13-8-12-24(32)20-25)29(38)16-15-28(37)34-27-19-22(2)40-35-27/h3-16,19-20,30H,17-18H2,1-2H3,(H,33,39)(H,34,35,37)/b16-15+. The van der Waals surface area contributed by atoms with Gasteiger partial charge in [0.25, 0.3) is 5.91 Å². The maximum Gasteiger partial charge on any atom is 0.252 e. The monoisotopic (exact) mass is 540 g/mol. The van der Waals surface area contributed by atoms with E-state index in [1.54, 1.807) is 19.1 Å². The van der Waals surface area contributed by atoms with E-state index in [1.807, 2.05) is 49.4 Å². The van der Waals surface area contributed by atoms with E-state index >= 15 is 0 Å². The van der Waals surface area contributed by atoms with Gasteiger partial charge in [-0.25, -0.2) is 4.39 Å². The summed E-state index contributed by atoms with van der Waals surface area (Å²) in [5.41, 5.74) is 2.54. The zero-order valence-corrected chi connectivity index (χ0v) is 22.1. The molecule has 0 aliphatic heterocycles. The maximum atomic E-state index is 14.3. The fourth-order valence-electron chi connectivity index (χ4n) is 4.21. The van der Waals surface area contributed by atoms with E-state index in [2.05, 4.69) is 15.8 Å². The third-order valence-electron chi connectivity index (χ3n) is 6.13. The van der Waals surface area contributed by atoms with E-state index in [9.17, 15) is 18.8 Å². The highest BCUT2D eigenvalue weighted by Gasteiger charge is 2.33. The largest absolute Gasteiger partial charge is 0.360 e. The van der Waals surface area contributed by atoms with Gasteiger partial charge in [0.05, 0.1) is 0 Å². The van der Waals surface area contributed by atoms with Crippen LogP contribution in [0, 0.1) is 19.7 Å². The number of halogens is 1. The van der Waals surface area contributed by atoms with Gasteiger partial charge in [-0.05, 0) is 55.2 Å². The Morgan fingerprint density at radius 2 is 1.70 bits per heavy atom. The Morgan fingerprint density at radius 3 is 2.40 bits per heavy atom. The maximum absolute atomic E-state index is 14.3. The summed E-state index contributed by atoms with van der Waals surface area (Å²) >= 11 is 0. The summed E-state index contributed by atoms with van der Waals surface area (Å²) in [5.74, 6) is -1.64. The van der Waals surface area contributed by atoms with Crippen molar-refractivity contribution in [3.8, 4) is 0 Å². The van der Waals surface area contributed by atoms with Gasteiger partial charge in [0.2, 0.25) is 11.8 Å². The Labute approximate surface area is 231 Å². The van der Waals surface area contributed by atoms with Gasteiger partial charge >= 0.3 is 0 Å². The molecule has 1 unspecified atom stereocenters. The molecular formula is C31H29FN4O4. The van der Waals surface area contributed by atoms with Crippen LogP contribution >= 0.6 is 0 Å². The topological polar surface area (TPSA) is 105 Å². The minimum atomic E-state index is -1.14. The van der Waals surface area contributed by atoms with Crippen molar-refractivity contribution in [1.29, 1.82) is 0 Å². The van der Waals surface area contributed by atoms with Crippen LogP contribution in [0.15, 0.2) is 102 Å². The number of carbonyl (C=O) groups excluding carboxylic acids is 3. The minimum absolute atomic E-state index is 0.161. The van der Waals surface area contributed by atoms with E-state index in [1.165, 1.54) is 35.2 Å². The molecule has 0 fully saturated rings. The van der Waals surface area contributed by atoms with Crippen LogP contribution in [0.5, 0.6) is 0 Å². The van der Waals surface area contributed by atoms with Crippen molar-refractivity contribution in [2.45, 2.75) is 26.3 Å². The molecule has 0 spiro atoms. The fraction of sp³-hybridized carbons (Fsp3) is 0.161. The molecule has 0 aliphatic rings. The zero-order chi connectivity index (χ0) is 28.5. The van der Waals surface area contributed by atoms with Gasteiger partial charge in [-0.3, -0.25) is 19.3 Å². The van der Waals surface area contributed by atoms with E-state index in [0.717, 1.165) is 23.3 Å². The Morgan fingerprint density at radius 1 is 0.950 bits per heavy atom. The number of benzene rings is 3. The van der Waals surface area contributed by atoms with Gasteiger partial charge in [-0.2, -0.15) is 0 Å². The first-order valence-corrected chi connectivity index (χ1v) is 12.7. The minimum Gasteiger partial charge on any atom is -0.360 e. The van der Waals surface area contributed by atoms with Crippen molar-refractivity contribution in [3.05, 3.63) is 125 Å². The average molecular weight is 541 g/mol. The summed E-state index contributed by atoms with van der Waals surface area (Å²) in [5, 5.41) is 9.13. The molecule has 9 heteroatoms. The number of aryl methyl sites for hydroxylation is 2. The third kappa shape index (κ3) is 7.28. The highest BCUT2D eigenvalue weighted by atomic mass is 19.1. The van der Waals surface area contributed by atoms with Crippen molar-refractivity contribution in [2.75, 3.05) is 16.8 Å². The van der Waals surface area contributed by atoms with Gasteiger partial charge in [0.15, 0.2) is 5.82 Å². The van der Waals surface area contributed by atoms with Crippen molar-refractivity contribution in [2.24, 2.45) is 0 Å². The van der Waals surface area contributed by atoms with Crippen LogP contribution in [0.2, 0.25) is 0 Å². The number of aromatic nitrogens is 1. The number of rotatable bonds is 10. The molecular weight excluding hydrogens is 511 g/mol. The lowest BCUT2D eigenvalue weighted by molar-refractivity contribution is -0.125. The smallest absolute Gasteiger partial charge is 0.252 e. The predicted molar refractivity (Wildman–Crippen MR) is 150 cm³/mol. The number of carbonyl (C=O) groups is 3. The Balaban J connectivity index is 1.65. The first-order valence-electron chi connectivity index (χ1n) is 12.7. The van der Waals surface area contributed by atoms with Crippen LogP contribution in [-0.4, -0.2) is 29.4 Å². The first-order chi connectivity index (χ1) is 19.3. The summed E-state index contributed by atoms with van der Waals surface area (Å²) < 4.78 is 19.3. The molecule has 0 saturated heterocycles. The molecule has 1 aromatic heterocycles. The number of nitrogens with zero attached hydrogens (tertiary/aromatic N) is 2. The molecule has 3 amide bonds. The third-order valence-corrected chi connectivity index (χ3v) is 6.13. The molecule has 3 aromatic carbocycles. The number of anilines is 2. The van der Waals surface area contributed by atoms with Crippen LogP contribution in [0.25, 0.3) is 0 Å². The second kappa shape index (κ2) is 13.1. The van der Waals surface area contributed by atoms with Crippen LogP contribution in [0.3, 0.4) is 0 Å². The van der Waals surface area contributed by atoms with Gasteiger partial charge in [0.1, 0.15) is 17.6 Å². The van der Waals surface area contributed by atoms with Gasteiger partial charge in [0, 0.05) is 30.5 Å². The molecule has 204 valence electrons. The zero-order valence-electron chi connectivity index (χ0n) is 22.1. The molecule has 4 rings (SSSR count). The van der Waals surface area contributed by atoms with E-state index in [-0.39, 0.29) is 11.5 Å². The van der Waals surface area contributed by atoms with E-state index in [0.29, 0.717) is 24.3 Å². The average Bonchev–Trinajstić information content (AvgIpc) is 3.35. The Hall–Kier alpha value is -5.05. The SMILES string of the molecule is Cc1cc(NC(=O)/C=C/C(=O)N(c2cccc(F)c2)C(C(=O)NCCc2ccccc2)c2ccccc2C)no1. The summed E-state index contributed by atoms with van der Waals surface area (Å²) in [6.07, 6.45) is 2.65. The Kier molecular flexibility index (Phi) is 9.19. The predicted octanol–water partition coefficient (Wildman–Crippen LogP) is 5.06. The summed E-state index contributed by atoms with van der Waals surface area (Å²) in [6, 6.07) is 22.7. The van der Waals surface area contributed by atoms with Gasteiger partial charge in [-0.1, -0.05) is 65.8 Å². The normalized spacial score (nSPS) is 11.7. The summed E-state index contributed by atoms with van der Waals surface area (Å²) in [7, 11) is 0. The summed E-state index contributed by atoms with van der Waals surface area (Å²) in [4.78, 5) is 41.1. The highest BCUT2D eigenvalue weighted by Crippen LogP contribution is 2.30. The second-order valence-electron chi connectivity index (χ2n) is 9.12. The van der Waals surface area contributed by atoms with Crippen molar-refractivity contribution in [3.63, 3.8) is 0 Å². The van der Waals surface area contributed by atoms with Crippen LogP contribution in [0.1, 0.15) is 28.5 Å². The molecule has 0 radical (unpaired) electrons. The molecule has 1 atom stereocenters. The molecule has 0 saturated carbocycles. The number of nitrogens with one attached hydrogen (secondary N) is 2. The van der Waals surface area contributed by atoms with Crippen LogP contribution in [0.4, 0.5) is 15.9 Å². The lowest BCUT2D eigenvalue weighted by Crippen LogP contribution is -2.44. The van der Waals surface area contributed by atoms with Crippen molar-refractivity contribution < 1.29 is 23.3 Å². The molecule has 40 heavy (non-hydrogen) atoms. The first kappa shape index (κ1) is 28.0. The number of hydrogen-bond acceptors (Lipinski definition) is 5. The quantitative estimate of drug-likeness (QED) is 0.274. The van der Waals surface area contributed by atoms with Gasteiger partial charge in [-0.15, -0.1) is 0 Å². The molecule has 1 heterocycles. The summed E-state index contributed by atoms with van der Waals surface area (Å²) in [6.45, 7) is 3.83. The number of hydrogen-bond donors (Lipinski definition) is 2. The Bertz CT molecular complexity index is 1520. The molecule has 0 aliphatic carbocycles. The van der Waals surface area contributed by atoms with Crippen LogP contribution in [-0.2, 0) is 20.8 Å². The molecule has 2 N–H and O–H groups in total. The second-order valence-corrected chi connectivity index (χ2v) is 9.12. The van der Waals surface area contributed by atoms with E-state index in [4.69, 9.17) is 4.52 Å². The molecule has 4 aromatic rings. The van der Waals surface area contributed by atoms with E-state index < -0.39 is 29.6 Å².